The minimum absolute atomic E-state index is 0.195. The fourth-order valence-electron chi connectivity index (χ4n) is 2.19. The fraction of sp³-hybridized carbons (Fsp3) is 0.583. The van der Waals surface area contributed by atoms with E-state index < -0.39 is 5.91 Å². The minimum atomic E-state index is -0.462. The average Bonchev–Trinajstić information content (AvgIpc) is 2.65. The van der Waals surface area contributed by atoms with Gasteiger partial charge in [-0.05, 0) is 20.1 Å². The van der Waals surface area contributed by atoms with E-state index in [-0.39, 0.29) is 5.60 Å². The van der Waals surface area contributed by atoms with Crippen molar-refractivity contribution in [2.45, 2.75) is 24.3 Å². The first kappa shape index (κ1) is 14.5. The van der Waals surface area contributed by atoms with Crippen LogP contribution in [0.5, 0.6) is 0 Å². The van der Waals surface area contributed by atoms with Crippen LogP contribution in [-0.4, -0.2) is 37.5 Å². The van der Waals surface area contributed by atoms with E-state index >= 15 is 0 Å². The predicted molar refractivity (Wildman–Crippen MR) is 81.3 cm³/mol. The van der Waals surface area contributed by atoms with Gasteiger partial charge in [0.1, 0.15) is 9.88 Å². The Hall–Kier alpha value is -0.920. The Bertz CT molecular complexity index is 499. The Morgan fingerprint density at radius 3 is 2.74 bits per heavy atom. The molecule has 0 atom stereocenters. The molecule has 4 N–H and O–H groups in total. The normalized spacial score (nSPS) is 18.6. The molecule has 7 heteroatoms. The molecule has 106 valence electrons. The van der Waals surface area contributed by atoms with E-state index in [1.165, 1.54) is 11.3 Å². The van der Waals surface area contributed by atoms with Gasteiger partial charge in [0.2, 0.25) is 0 Å². The number of nitrogens with two attached hydrogens (primary N) is 2. The molecular weight excluding hydrogens is 282 g/mol. The van der Waals surface area contributed by atoms with E-state index in [2.05, 4.69) is 18.7 Å². The highest BCUT2D eigenvalue weighted by Gasteiger charge is 2.31. The molecule has 2 rings (SSSR count). The molecule has 0 aliphatic carbocycles. The van der Waals surface area contributed by atoms with E-state index in [1.54, 1.807) is 11.8 Å². The van der Waals surface area contributed by atoms with E-state index in [0.29, 0.717) is 17.2 Å². The molecule has 0 radical (unpaired) electrons. The first-order valence-electron chi connectivity index (χ1n) is 6.00. The maximum Gasteiger partial charge on any atom is 0.261 e. The Morgan fingerprint density at radius 2 is 2.21 bits per heavy atom. The number of amides is 1. The second-order valence-corrected chi connectivity index (χ2v) is 6.89. The number of rotatable bonds is 3. The number of ether oxygens (including phenoxy) is 1. The van der Waals surface area contributed by atoms with Gasteiger partial charge in [0.25, 0.3) is 5.91 Å². The number of nitrogen functional groups attached to an aromatic ring is 1. The van der Waals surface area contributed by atoms with Crippen LogP contribution in [0.25, 0.3) is 0 Å². The van der Waals surface area contributed by atoms with Gasteiger partial charge >= 0.3 is 0 Å². The summed E-state index contributed by atoms with van der Waals surface area (Å²) in [5, 5.41) is 1.02. The van der Waals surface area contributed by atoms with Crippen LogP contribution in [0.4, 0.5) is 10.7 Å². The number of primary amides is 1. The Kier molecular flexibility index (Phi) is 3.98. The van der Waals surface area contributed by atoms with Gasteiger partial charge in [0.05, 0.1) is 22.8 Å². The van der Waals surface area contributed by atoms with Crippen LogP contribution in [0.1, 0.15) is 23.5 Å². The van der Waals surface area contributed by atoms with E-state index in [0.717, 1.165) is 23.0 Å². The summed E-state index contributed by atoms with van der Waals surface area (Å²) in [5.41, 5.74) is 11.7. The summed E-state index contributed by atoms with van der Waals surface area (Å²) in [6.07, 6.45) is 1.96. The first-order valence-corrected chi connectivity index (χ1v) is 8.05. The second-order valence-electron chi connectivity index (χ2n) is 5.08. The third kappa shape index (κ3) is 2.82. The molecule has 0 aromatic carbocycles. The molecule has 0 bridgehead atoms. The molecule has 0 saturated carbocycles. The largest absolute Gasteiger partial charge is 0.396 e. The molecule has 0 spiro atoms. The molecule has 1 amide bonds. The van der Waals surface area contributed by atoms with Crippen LogP contribution in [0.15, 0.2) is 4.90 Å². The maximum atomic E-state index is 11.4. The lowest BCUT2D eigenvalue weighted by Gasteiger charge is -2.39. The van der Waals surface area contributed by atoms with Crippen LogP contribution >= 0.6 is 23.1 Å². The van der Waals surface area contributed by atoms with Crippen LogP contribution in [0, 0.1) is 0 Å². The van der Waals surface area contributed by atoms with Gasteiger partial charge < -0.3 is 21.1 Å². The highest BCUT2D eigenvalue weighted by Crippen LogP contribution is 2.44. The minimum Gasteiger partial charge on any atom is -0.396 e. The highest BCUT2D eigenvalue weighted by molar-refractivity contribution is 7.99. The molecule has 19 heavy (non-hydrogen) atoms. The van der Waals surface area contributed by atoms with Gasteiger partial charge in [-0.25, -0.2) is 0 Å². The van der Waals surface area contributed by atoms with Crippen molar-refractivity contribution in [1.29, 1.82) is 0 Å². The van der Waals surface area contributed by atoms with Crippen LogP contribution < -0.4 is 16.4 Å². The van der Waals surface area contributed by atoms with Crippen molar-refractivity contribution in [3.8, 4) is 0 Å². The summed E-state index contributed by atoms with van der Waals surface area (Å²) in [5.74, 6) is -0.462. The predicted octanol–water partition coefficient (Wildman–Crippen LogP) is 1.77. The summed E-state index contributed by atoms with van der Waals surface area (Å²) >= 11 is 2.93. The fourth-order valence-corrected chi connectivity index (χ4v) is 4.25. The number of anilines is 2. The SMILES string of the molecule is CSc1c(N2CCOC(C)(C)C2)sc(C(N)=O)c1N. The summed E-state index contributed by atoms with van der Waals surface area (Å²) in [4.78, 5) is 15.0. The highest BCUT2D eigenvalue weighted by atomic mass is 32.2. The zero-order valence-corrected chi connectivity index (χ0v) is 13.0. The lowest BCUT2D eigenvalue weighted by Crippen LogP contribution is -2.48. The number of thioether (sulfide) groups is 1. The second kappa shape index (κ2) is 5.22. The average molecular weight is 301 g/mol. The summed E-state index contributed by atoms with van der Waals surface area (Å²) in [6.45, 7) is 6.37. The molecule has 1 aliphatic heterocycles. The molecule has 1 fully saturated rings. The molecular formula is C12H19N3O2S2. The van der Waals surface area contributed by atoms with Gasteiger partial charge in [-0.2, -0.15) is 0 Å². The zero-order chi connectivity index (χ0) is 14.2. The summed E-state index contributed by atoms with van der Waals surface area (Å²) < 4.78 is 5.71. The Balaban J connectivity index is 2.39. The van der Waals surface area contributed by atoms with Crippen molar-refractivity contribution in [1.82, 2.24) is 0 Å². The zero-order valence-electron chi connectivity index (χ0n) is 11.4. The third-order valence-corrected chi connectivity index (χ3v) is 5.25. The van der Waals surface area contributed by atoms with Crippen molar-refractivity contribution in [2.75, 3.05) is 36.6 Å². The van der Waals surface area contributed by atoms with Crippen molar-refractivity contribution in [2.24, 2.45) is 5.73 Å². The Morgan fingerprint density at radius 1 is 1.53 bits per heavy atom. The van der Waals surface area contributed by atoms with Gasteiger partial charge in [-0.1, -0.05) is 0 Å². The lowest BCUT2D eigenvalue weighted by atomic mass is 10.1. The summed E-state index contributed by atoms with van der Waals surface area (Å²) in [7, 11) is 0. The number of morpholine rings is 1. The molecule has 2 heterocycles. The van der Waals surface area contributed by atoms with Crippen LogP contribution in [0.2, 0.25) is 0 Å². The number of carbonyl (C=O) groups excluding carboxylic acids is 1. The van der Waals surface area contributed by atoms with Gasteiger partial charge in [0, 0.05) is 13.1 Å². The van der Waals surface area contributed by atoms with Crippen molar-refractivity contribution in [3.63, 3.8) is 0 Å². The molecule has 1 aromatic rings. The van der Waals surface area contributed by atoms with Gasteiger partial charge in [-0.15, -0.1) is 23.1 Å². The van der Waals surface area contributed by atoms with E-state index in [1.807, 2.05) is 6.26 Å². The van der Waals surface area contributed by atoms with Crippen molar-refractivity contribution < 1.29 is 9.53 Å². The monoisotopic (exact) mass is 301 g/mol. The van der Waals surface area contributed by atoms with Crippen molar-refractivity contribution >= 4 is 39.7 Å². The number of carbonyl (C=O) groups is 1. The van der Waals surface area contributed by atoms with Crippen LogP contribution in [-0.2, 0) is 4.74 Å². The van der Waals surface area contributed by atoms with E-state index in [9.17, 15) is 4.79 Å². The summed E-state index contributed by atoms with van der Waals surface area (Å²) in [6, 6.07) is 0. The van der Waals surface area contributed by atoms with E-state index in [4.69, 9.17) is 16.2 Å². The van der Waals surface area contributed by atoms with Crippen LogP contribution in [0.3, 0.4) is 0 Å². The molecule has 0 unspecified atom stereocenters. The van der Waals surface area contributed by atoms with Gasteiger partial charge in [0.15, 0.2) is 0 Å². The van der Waals surface area contributed by atoms with Gasteiger partial charge in [-0.3, -0.25) is 4.79 Å². The molecule has 1 aliphatic rings. The standard InChI is InChI=1S/C12H19N3O2S2/c1-12(2)6-15(4-5-17-12)11-9(18-3)7(13)8(19-11)10(14)16/h4-6,13H2,1-3H3,(H2,14,16). The third-order valence-electron chi connectivity index (χ3n) is 3.02. The lowest BCUT2D eigenvalue weighted by molar-refractivity contribution is -0.0276. The molecule has 1 saturated heterocycles. The molecule has 5 nitrogen and oxygen atoms in total. The topological polar surface area (TPSA) is 81.6 Å². The quantitative estimate of drug-likeness (QED) is 0.832. The number of hydrogen-bond donors (Lipinski definition) is 2. The van der Waals surface area contributed by atoms with Crippen molar-refractivity contribution in [3.05, 3.63) is 4.88 Å². The molecule has 1 aromatic heterocycles. The number of nitrogens with zero attached hydrogens (tertiary/aromatic N) is 1. The number of thiophene rings is 1. The first-order chi connectivity index (χ1) is 8.85. The smallest absolute Gasteiger partial charge is 0.261 e. The maximum absolute atomic E-state index is 11.4. The Labute approximate surface area is 121 Å². The number of hydrogen-bond acceptors (Lipinski definition) is 6.